The van der Waals surface area contributed by atoms with Gasteiger partial charge in [0.1, 0.15) is 5.60 Å². The Labute approximate surface area is 116 Å². The van der Waals surface area contributed by atoms with Crippen LogP contribution in [0.1, 0.15) is 47.5 Å². The number of β-amino-alcohol motifs (C(OH)–C–C–N with tert-alkyl or cyclic N) is 1. The number of likely N-dealkylation sites (tertiary alicyclic amines) is 1. The maximum atomic E-state index is 11.7. The van der Waals surface area contributed by atoms with Crippen LogP contribution in [0.25, 0.3) is 0 Å². The fourth-order valence-corrected chi connectivity index (χ4v) is 2.26. The van der Waals surface area contributed by atoms with Crippen molar-refractivity contribution in [2.45, 2.75) is 64.7 Å². The molecule has 0 aromatic carbocycles. The first-order valence-corrected chi connectivity index (χ1v) is 6.99. The smallest absolute Gasteiger partial charge is 0.407 e. The second-order valence-corrected chi connectivity index (χ2v) is 7.01. The minimum atomic E-state index is -0.661. The molecule has 1 fully saturated rings. The Morgan fingerprint density at radius 2 is 1.79 bits per heavy atom. The third-order valence-corrected chi connectivity index (χ3v) is 2.92. The fraction of sp³-hybridized carbons (Fsp3) is 0.929. The molecule has 0 bridgehead atoms. The van der Waals surface area contributed by atoms with Crippen LogP contribution < -0.4 is 5.32 Å². The predicted molar refractivity (Wildman–Crippen MR) is 75.1 cm³/mol. The van der Waals surface area contributed by atoms with E-state index in [1.165, 1.54) is 0 Å². The summed E-state index contributed by atoms with van der Waals surface area (Å²) in [5.41, 5.74) is -1.11. The maximum Gasteiger partial charge on any atom is 0.407 e. The van der Waals surface area contributed by atoms with Gasteiger partial charge in [0, 0.05) is 25.7 Å². The molecule has 0 aromatic rings. The van der Waals surface area contributed by atoms with Gasteiger partial charge in [-0.2, -0.15) is 0 Å². The third-order valence-electron chi connectivity index (χ3n) is 2.92. The minimum Gasteiger partial charge on any atom is -0.444 e. The van der Waals surface area contributed by atoms with E-state index in [9.17, 15) is 9.90 Å². The minimum absolute atomic E-state index is 0.174. The van der Waals surface area contributed by atoms with Crippen LogP contribution in [0.2, 0.25) is 0 Å². The molecule has 0 spiro atoms. The highest BCUT2D eigenvalue weighted by molar-refractivity contribution is 5.68. The number of hydrogen-bond donors (Lipinski definition) is 2. The largest absolute Gasteiger partial charge is 0.444 e. The van der Waals surface area contributed by atoms with Crippen LogP contribution in [-0.4, -0.2) is 53.0 Å². The molecule has 0 aromatic heterocycles. The van der Waals surface area contributed by atoms with Gasteiger partial charge < -0.3 is 20.1 Å². The maximum absolute atomic E-state index is 11.7. The van der Waals surface area contributed by atoms with E-state index in [1.807, 2.05) is 34.6 Å². The first-order chi connectivity index (χ1) is 8.55. The average Bonchev–Trinajstić information content (AvgIpc) is 2.15. The molecule has 0 atom stereocenters. The molecule has 19 heavy (non-hydrogen) atoms. The lowest BCUT2D eigenvalue weighted by Crippen LogP contribution is -2.49. The Morgan fingerprint density at radius 1 is 1.26 bits per heavy atom. The predicted octanol–water partition coefficient (Wildman–Crippen LogP) is 1.75. The number of hydrogen-bond acceptors (Lipinski definition) is 4. The SMILES string of the molecule is CC(C)(O)CN1CCC(NC(=O)OC(C)(C)C)CC1. The normalized spacial score (nSPS) is 19.3. The number of alkyl carbamates (subject to hydrolysis) is 1. The van der Waals surface area contributed by atoms with Gasteiger partial charge in [0.05, 0.1) is 5.60 Å². The first kappa shape index (κ1) is 16.2. The molecule has 1 amide bonds. The van der Waals surface area contributed by atoms with E-state index >= 15 is 0 Å². The summed E-state index contributed by atoms with van der Waals surface area (Å²) >= 11 is 0. The van der Waals surface area contributed by atoms with Gasteiger partial charge in [-0.1, -0.05) is 0 Å². The van der Waals surface area contributed by atoms with Crippen LogP contribution in [0.5, 0.6) is 0 Å². The number of rotatable bonds is 3. The molecule has 1 heterocycles. The van der Waals surface area contributed by atoms with E-state index in [0.717, 1.165) is 25.9 Å². The van der Waals surface area contributed by atoms with Crippen LogP contribution in [0.4, 0.5) is 4.79 Å². The number of nitrogens with one attached hydrogen (secondary N) is 1. The third kappa shape index (κ3) is 7.38. The van der Waals surface area contributed by atoms with Crippen LogP contribution in [-0.2, 0) is 4.74 Å². The van der Waals surface area contributed by atoms with E-state index in [4.69, 9.17) is 4.74 Å². The summed E-state index contributed by atoms with van der Waals surface area (Å²) in [6.07, 6.45) is 1.46. The first-order valence-electron chi connectivity index (χ1n) is 6.99. The zero-order chi connectivity index (χ0) is 14.7. The summed E-state index contributed by atoms with van der Waals surface area (Å²) in [5.74, 6) is 0. The van der Waals surface area contributed by atoms with Gasteiger partial charge >= 0.3 is 6.09 Å². The Bertz CT molecular complexity index is 297. The molecule has 0 saturated carbocycles. The number of nitrogens with zero attached hydrogens (tertiary/aromatic N) is 1. The molecule has 112 valence electrons. The van der Waals surface area contributed by atoms with Crippen LogP contribution in [0.15, 0.2) is 0 Å². The monoisotopic (exact) mass is 272 g/mol. The Hall–Kier alpha value is -0.810. The van der Waals surface area contributed by atoms with Crippen molar-refractivity contribution in [3.05, 3.63) is 0 Å². The summed E-state index contributed by atoms with van der Waals surface area (Å²) < 4.78 is 5.24. The van der Waals surface area contributed by atoms with E-state index < -0.39 is 11.2 Å². The fourth-order valence-electron chi connectivity index (χ4n) is 2.26. The van der Waals surface area contributed by atoms with Gasteiger partial charge in [-0.05, 0) is 47.5 Å². The summed E-state index contributed by atoms with van der Waals surface area (Å²) in [6.45, 7) is 11.7. The highest BCUT2D eigenvalue weighted by Gasteiger charge is 2.26. The van der Waals surface area contributed by atoms with Gasteiger partial charge in [0.15, 0.2) is 0 Å². The second-order valence-electron chi connectivity index (χ2n) is 7.01. The molecular formula is C14H28N2O3. The number of carbonyl (C=O) groups is 1. The molecule has 0 radical (unpaired) electrons. The Morgan fingerprint density at radius 3 is 2.21 bits per heavy atom. The van der Waals surface area contributed by atoms with Gasteiger partial charge in [-0.3, -0.25) is 0 Å². The van der Waals surface area contributed by atoms with Gasteiger partial charge in [-0.25, -0.2) is 4.79 Å². The molecule has 1 rings (SSSR count). The Balaban J connectivity index is 2.29. The lowest BCUT2D eigenvalue weighted by molar-refractivity contribution is 0.0233. The zero-order valence-corrected chi connectivity index (χ0v) is 12.8. The molecule has 5 heteroatoms. The average molecular weight is 272 g/mol. The van der Waals surface area contributed by atoms with E-state index in [-0.39, 0.29) is 12.1 Å². The molecule has 1 aliphatic heterocycles. The van der Waals surface area contributed by atoms with Crippen LogP contribution in [0.3, 0.4) is 0 Å². The summed E-state index contributed by atoms with van der Waals surface area (Å²) in [4.78, 5) is 13.9. The quantitative estimate of drug-likeness (QED) is 0.821. The van der Waals surface area contributed by atoms with Crippen molar-refractivity contribution in [2.75, 3.05) is 19.6 Å². The highest BCUT2D eigenvalue weighted by atomic mass is 16.6. The number of carbonyl (C=O) groups excluding carboxylic acids is 1. The number of piperidine rings is 1. The standard InChI is InChI=1S/C14H28N2O3/c1-13(2,3)19-12(17)15-11-6-8-16(9-7-11)10-14(4,5)18/h11,18H,6-10H2,1-5H3,(H,15,17). The molecule has 1 aliphatic rings. The van der Waals surface area contributed by atoms with Crippen molar-refractivity contribution in [1.82, 2.24) is 10.2 Å². The summed E-state index contributed by atoms with van der Waals surface area (Å²) in [5, 5.41) is 12.7. The topological polar surface area (TPSA) is 61.8 Å². The molecule has 1 saturated heterocycles. The van der Waals surface area contributed by atoms with Crippen molar-refractivity contribution >= 4 is 6.09 Å². The molecule has 0 aliphatic carbocycles. The number of ether oxygens (including phenoxy) is 1. The van der Waals surface area contributed by atoms with E-state index in [2.05, 4.69) is 10.2 Å². The van der Waals surface area contributed by atoms with Gasteiger partial charge in [-0.15, -0.1) is 0 Å². The zero-order valence-electron chi connectivity index (χ0n) is 12.8. The second kappa shape index (κ2) is 6.09. The van der Waals surface area contributed by atoms with Crippen molar-refractivity contribution in [2.24, 2.45) is 0 Å². The highest BCUT2D eigenvalue weighted by Crippen LogP contribution is 2.15. The molecular weight excluding hydrogens is 244 g/mol. The number of aliphatic hydroxyl groups is 1. The lowest BCUT2D eigenvalue weighted by Gasteiger charge is -2.35. The lowest BCUT2D eigenvalue weighted by atomic mass is 10.0. The van der Waals surface area contributed by atoms with Crippen molar-refractivity contribution < 1.29 is 14.6 Å². The van der Waals surface area contributed by atoms with Crippen LogP contribution in [0, 0.1) is 0 Å². The summed E-state index contributed by atoms with van der Waals surface area (Å²) in [6, 6.07) is 0.174. The van der Waals surface area contributed by atoms with Crippen molar-refractivity contribution in [3.63, 3.8) is 0 Å². The molecule has 2 N–H and O–H groups in total. The van der Waals surface area contributed by atoms with E-state index in [1.54, 1.807) is 0 Å². The summed E-state index contributed by atoms with van der Waals surface area (Å²) in [7, 11) is 0. The number of amides is 1. The van der Waals surface area contributed by atoms with E-state index in [0.29, 0.717) is 6.54 Å². The Kier molecular flexibility index (Phi) is 5.21. The molecule has 0 unspecified atom stereocenters. The van der Waals surface area contributed by atoms with Gasteiger partial charge in [0.2, 0.25) is 0 Å². The van der Waals surface area contributed by atoms with Gasteiger partial charge in [0.25, 0.3) is 0 Å². The van der Waals surface area contributed by atoms with Crippen molar-refractivity contribution in [3.8, 4) is 0 Å². The van der Waals surface area contributed by atoms with Crippen LogP contribution >= 0.6 is 0 Å². The van der Waals surface area contributed by atoms with Crippen molar-refractivity contribution in [1.29, 1.82) is 0 Å². The molecule has 5 nitrogen and oxygen atoms in total.